The summed E-state index contributed by atoms with van der Waals surface area (Å²) in [5.41, 5.74) is 1.78. The van der Waals surface area contributed by atoms with E-state index in [0.29, 0.717) is 75.3 Å². The number of anilines is 2. The Kier molecular flexibility index (Phi) is 8.95. The van der Waals surface area contributed by atoms with Gasteiger partial charge in [0.25, 0.3) is 11.5 Å². The average molecular weight is 549 g/mol. The van der Waals surface area contributed by atoms with Gasteiger partial charge in [-0.1, -0.05) is 25.5 Å². The lowest BCUT2D eigenvalue weighted by atomic mass is 10.1. The number of carbonyl (C=O) groups excluding carboxylic acids is 1. The van der Waals surface area contributed by atoms with E-state index in [1.54, 1.807) is 12.1 Å². The fourth-order valence-corrected chi connectivity index (χ4v) is 5.14. The maximum absolute atomic E-state index is 14.2. The van der Waals surface area contributed by atoms with Gasteiger partial charge in [-0.3, -0.25) is 19.5 Å². The molecule has 0 radical (unpaired) electrons. The minimum atomic E-state index is -0.205. The van der Waals surface area contributed by atoms with Crippen molar-refractivity contribution in [1.29, 1.82) is 0 Å². The van der Waals surface area contributed by atoms with E-state index in [0.717, 1.165) is 31.7 Å². The Morgan fingerprint density at radius 3 is 2.35 bits per heavy atom. The smallest absolute Gasteiger partial charge is 0.253 e. The second-order valence-electron chi connectivity index (χ2n) is 10.3. The Bertz CT molecular complexity index is 1330. The molecule has 3 heterocycles. The van der Waals surface area contributed by atoms with Gasteiger partial charge in [-0.15, -0.1) is 0 Å². The molecule has 0 saturated carbocycles. The lowest BCUT2D eigenvalue weighted by Crippen LogP contribution is -2.49. The van der Waals surface area contributed by atoms with Crippen LogP contribution in [0.15, 0.2) is 59.4 Å². The summed E-state index contributed by atoms with van der Waals surface area (Å²) < 4.78 is 19.9. The van der Waals surface area contributed by atoms with Gasteiger partial charge in [-0.25, -0.2) is 9.37 Å². The normalized spacial score (nSPS) is 16.3. The number of carbonyl (C=O) groups is 1. The van der Waals surface area contributed by atoms with Crippen LogP contribution in [0.25, 0.3) is 0 Å². The first-order chi connectivity index (χ1) is 19.5. The Morgan fingerprint density at radius 2 is 1.65 bits per heavy atom. The Labute approximate surface area is 234 Å². The SMILES string of the molecule is CCCCOc1ccc(C(=O)N2CCN(c3nc(CN4CCN(c5ccccc5F)CC4)cc(=O)[nH]3)CC2)cc1. The van der Waals surface area contributed by atoms with Gasteiger partial charge in [0, 0.05) is 70.5 Å². The lowest BCUT2D eigenvalue weighted by molar-refractivity contribution is 0.0746. The molecule has 5 rings (SSSR count). The van der Waals surface area contributed by atoms with Crippen molar-refractivity contribution in [3.63, 3.8) is 0 Å². The zero-order valence-corrected chi connectivity index (χ0v) is 23.0. The third kappa shape index (κ3) is 6.80. The predicted octanol–water partition coefficient (Wildman–Crippen LogP) is 3.37. The molecule has 1 amide bonds. The number of unbranched alkanes of at least 4 members (excludes halogenated alkanes) is 1. The molecule has 0 aliphatic carbocycles. The molecular formula is C30H37FN6O3. The molecule has 10 heteroatoms. The van der Waals surface area contributed by atoms with Crippen molar-refractivity contribution in [2.45, 2.75) is 26.3 Å². The van der Waals surface area contributed by atoms with Crippen LogP contribution < -0.4 is 20.1 Å². The van der Waals surface area contributed by atoms with Gasteiger partial charge in [-0.2, -0.15) is 0 Å². The molecule has 1 N–H and O–H groups in total. The van der Waals surface area contributed by atoms with E-state index in [4.69, 9.17) is 9.72 Å². The number of hydrogen-bond donors (Lipinski definition) is 1. The summed E-state index contributed by atoms with van der Waals surface area (Å²) >= 11 is 0. The van der Waals surface area contributed by atoms with E-state index in [9.17, 15) is 14.0 Å². The predicted molar refractivity (Wildman–Crippen MR) is 154 cm³/mol. The molecule has 2 saturated heterocycles. The van der Waals surface area contributed by atoms with E-state index in [1.165, 1.54) is 6.07 Å². The Morgan fingerprint density at radius 1 is 0.950 bits per heavy atom. The summed E-state index contributed by atoms with van der Waals surface area (Å²) in [5.74, 6) is 1.10. The van der Waals surface area contributed by atoms with E-state index in [2.05, 4.69) is 21.7 Å². The second-order valence-corrected chi connectivity index (χ2v) is 10.3. The largest absolute Gasteiger partial charge is 0.494 e. The van der Waals surface area contributed by atoms with Gasteiger partial charge < -0.3 is 19.4 Å². The van der Waals surface area contributed by atoms with E-state index in [1.807, 2.05) is 46.2 Å². The summed E-state index contributed by atoms with van der Waals surface area (Å²) in [4.78, 5) is 41.3. The van der Waals surface area contributed by atoms with Gasteiger partial charge in [0.2, 0.25) is 5.95 Å². The fourth-order valence-electron chi connectivity index (χ4n) is 5.14. The second kappa shape index (κ2) is 13.0. The number of rotatable bonds is 9. The Balaban J connectivity index is 1.14. The number of halogens is 1. The van der Waals surface area contributed by atoms with Crippen LogP contribution in [-0.4, -0.2) is 84.6 Å². The van der Waals surface area contributed by atoms with Crippen LogP contribution in [0.1, 0.15) is 35.8 Å². The number of nitrogens with zero attached hydrogens (tertiary/aromatic N) is 5. The fraction of sp³-hybridized carbons (Fsp3) is 0.433. The van der Waals surface area contributed by atoms with E-state index < -0.39 is 0 Å². The quantitative estimate of drug-likeness (QED) is 0.411. The standard InChI is InChI=1S/C30H37FN6O3/c1-2-3-20-40-25-10-8-23(9-11-25)29(39)36-16-18-37(19-17-36)30-32-24(21-28(38)33-30)22-34-12-14-35(15-13-34)27-7-5-4-6-26(27)31/h4-11,21H,2-3,12-20,22H2,1H3,(H,32,33,38). The van der Waals surface area contributed by atoms with Crippen molar-refractivity contribution in [2.24, 2.45) is 0 Å². The maximum atomic E-state index is 14.2. The number of ether oxygens (including phenoxy) is 1. The topological polar surface area (TPSA) is 85.0 Å². The molecule has 40 heavy (non-hydrogen) atoms. The van der Waals surface area contributed by atoms with Crippen molar-refractivity contribution in [1.82, 2.24) is 19.8 Å². The summed E-state index contributed by atoms with van der Waals surface area (Å²) in [6.45, 7) is 8.52. The van der Waals surface area contributed by atoms with Gasteiger partial charge >= 0.3 is 0 Å². The number of hydrogen-bond acceptors (Lipinski definition) is 7. The number of para-hydroxylation sites is 1. The molecule has 0 unspecified atom stereocenters. The van der Waals surface area contributed by atoms with Crippen molar-refractivity contribution in [3.05, 3.63) is 82.0 Å². The highest BCUT2D eigenvalue weighted by Gasteiger charge is 2.25. The molecule has 212 valence electrons. The van der Waals surface area contributed by atoms with Crippen LogP contribution in [0.5, 0.6) is 5.75 Å². The highest BCUT2D eigenvalue weighted by Crippen LogP contribution is 2.21. The first-order valence-corrected chi connectivity index (χ1v) is 14.1. The first kappa shape index (κ1) is 27.6. The first-order valence-electron chi connectivity index (χ1n) is 14.1. The molecule has 2 fully saturated rings. The van der Waals surface area contributed by atoms with Crippen molar-refractivity contribution < 1.29 is 13.9 Å². The maximum Gasteiger partial charge on any atom is 0.253 e. The number of piperazine rings is 2. The molecular weight excluding hydrogens is 511 g/mol. The molecule has 0 spiro atoms. The Hall–Kier alpha value is -3.92. The summed E-state index contributed by atoms with van der Waals surface area (Å²) in [7, 11) is 0. The number of benzene rings is 2. The molecule has 2 aromatic carbocycles. The minimum Gasteiger partial charge on any atom is -0.494 e. The van der Waals surface area contributed by atoms with Crippen LogP contribution in [0.3, 0.4) is 0 Å². The van der Waals surface area contributed by atoms with Gasteiger partial charge in [0.05, 0.1) is 18.0 Å². The molecule has 2 aliphatic heterocycles. The van der Waals surface area contributed by atoms with E-state index in [-0.39, 0.29) is 17.3 Å². The van der Waals surface area contributed by atoms with Crippen LogP contribution in [-0.2, 0) is 6.54 Å². The summed E-state index contributed by atoms with van der Waals surface area (Å²) in [6.07, 6.45) is 2.08. The van der Waals surface area contributed by atoms with Crippen LogP contribution >= 0.6 is 0 Å². The molecule has 0 bridgehead atoms. The number of H-pyrrole nitrogens is 1. The summed E-state index contributed by atoms with van der Waals surface area (Å²) in [5, 5.41) is 0. The van der Waals surface area contributed by atoms with Gasteiger partial charge in [0.15, 0.2) is 0 Å². The monoisotopic (exact) mass is 548 g/mol. The number of amides is 1. The van der Waals surface area contributed by atoms with Crippen molar-refractivity contribution >= 4 is 17.5 Å². The van der Waals surface area contributed by atoms with Crippen LogP contribution in [0.4, 0.5) is 16.0 Å². The van der Waals surface area contributed by atoms with Crippen LogP contribution in [0.2, 0.25) is 0 Å². The number of aromatic nitrogens is 2. The van der Waals surface area contributed by atoms with Gasteiger partial charge in [-0.05, 0) is 42.8 Å². The highest BCUT2D eigenvalue weighted by molar-refractivity contribution is 5.94. The van der Waals surface area contributed by atoms with Crippen molar-refractivity contribution in [2.75, 3.05) is 68.8 Å². The molecule has 1 aromatic heterocycles. The lowest BCUT2D eigenvalue weighted by Gasteiger charge is -2.36. The third-order valence-corrected chi connectivity index (χ3v) is 7.47. The highest BCUT2D eigenvalue weighted by atomic mass is 19.1. The zero-order chi connectivity index (χ0) is 27.9. The molecule has 0 atom stereocenters. The molecule has 9 nitrogen and oxygen atoms in total. The number of aromatic amines is 1. The molecule has 3 aromatic rings. The minimum absolute atomic E-state index is 0.00973. The number of nitrogens with one attached hydrogen (secondary N) is 1. The van der Waals surface area contributed by atoms with Crippen molar-refractivity contribution in [3.8, 4) is 5.75 Å². The summed E-state index contributed by atoms with van der Waals surface area (Å²) in [6, 6.07) is 15.7. The zero-order valence-electron chi connectivity index (χ0n) is 23.0. The van der Waals surface area contributed by atoms with Crippen LogP contribution in [0, 0.1) is 5.82 Å². The average Bonchev–Trinajstić information content (AvgIpc) is 2.98. The molecule has 2 aliphatic rings. The van der Waals surface area contributed by atoms with E-state index >= 15 is 0 Å². The third-order valence-electron chi connectivity index (χ3n) is 7.47. The van der Waals surface area contributed by atoms with Gasteiger partial charge in [0.1, 0.15) is 11.6 Å².